The summed E-state index contributed by atoms with van der Waals surface area (Å²) in [6.45, 7) is 1.09. The van der Waals surface area contributed by atoms with E-state index in [0.717, 1.165) is 19.4 Å². The molecule has 2 N–H and O–H groups in total. The van der Waals surface area contributed by atoms with E-state index >= 15 is 0 Å². The lowest BCUT2D eigenvalue weighted by Crippen LogP contribution is -2.43. The van der Waals surface area contributed by atoms with Gasteiger partial charge in [0.2, 0.25) is 0 Å². The van der Waals surface area contributed by atoms with Crippen molar-refractivity contribution in [1.82, 2.24) is 5.32 Å². The molecule has 0 bridgehead atoms. The van der Waals surface area contributed by atoms with Crippen LogP contribution >= 0.6 is 11.8 Å². The van der Waals surface area contributed by atoms with Gasteiger partial charge in [-0.05, 0) is 38.4 Å². The molecular formula is C12H23NOS. The van der Waals surface area contributed by atoms with Crippen LogP contribution in [0.25, 0.3) is 0 Å². The van der Waals surface area contributed by atoms with E-state index in [1.54, 1.807) is 0 Å². The quantitative estimate of drug-likeness (QED) is 0.775. The normalized spacial score (nSPS) is 34.8. The summed E-state index contributed by atoms with van der Waals surface area (Å²) in [7, 11) is 0. The highest BCUT2D eigenvalue weighted by Gasteiger charge is 2.34. The standard InChI is InChI=1S/C12H23NOS/c1-15-12(7-2-3-8-12)9-13-10-5-4-6-11(10)14/h10-11,13-14H,2-9H2,1H3/t10-,11-/m1/s1. The Balaban J connectivity index is 1.80. The SMILES string of the molecule is CSC1(CN[C@@H]2CCC[C@H]2O)CCCC1. The van der Waals surface area contributed by atoms with Crippen molar-refractivity contribution in [1.29, 1.82) is 0 Å². The second kappa shape index (κ2) is 5.07. The van der Waals surface area contributed by atoms with Gasteiger partial charge in [-0.3, -0.25) is 0 Å². The Morgan fingerprint density at radius 2 is 2.00 bits per heavy atom. The minimum atomic E-state index is -0.0923. The average Bonchev–Trinajstić information content (AvgIpc) is 2.85. The van der Waals surface area contributed by atoms with Crippen molar-refractivity contribution in [3.63, 3.8) is 0 Å². The molecule has 0 heterocycles. The van der Waals surface area contributed by atoms with Crippen molar-refractivity contribution >= 4 is 11.8 Å². The first-order valence-electron chi connectivity index (χ1n) is 6.22. The van der Waals surface area contributed by atoms with E-state index in [0.29, 0.717) is 10.8 Å². The molecule has 15 heavy (non-hydrogen) atoms. The van der Waals surface area contributed by atoms with E-state index in [4.69, 9.17) is 0 Å². The zero-order valence-electron chi connectivity index (χ0n) is 9.67. The number of aliphatic hydroxyl groups is 1. The van der Waals surface area contributed by atoms with Gasteiger partial charge in [-0.2, -0.15) is 11.8 Å². The van der Waals surface area contributed by atoms with Gasteiger partial charge in [-0.1, -0.05) is 12.8 Å². The molecule has 2 saturated carbocycles. The van der Waals surface area contributed by atoms with E-state index in [9.17, 15) is 5.11 Å². The van der Waals surface area contributed by atoms with Crippen molar-refractivity contribution in [2.24, 2.45) is 0 Å². The number of nitrogens with one attached hydrogen (secondary N) is 1. The monoisotopic (exact) mass is 229 g/mol. The van der Waals surface area contributed by atoms with Crippen LogP contribution in [-0.2, 0) is 0 Å². The Bertz CT molecular complexity index is 204. The molecule has 0 spiro atoms. The number of hydrogen-bond acceptors (Lipinski definition) is 3. The number of thioether (sulfide) groups is 1. The third-order valence-corrected chi connectivity index (χ3v) is 5.53. The summed E-state index contributed by atoms with van der Waals surface area (Å²) in [5.41, 5.74) is 0. The third-order valence-electron chi connectivity index (χ3n) is 4.11. The Hall–Kier alpha value is 0.270. The van der Waals surface area contributed by atoms with Crippen molar-refractivity contribution in [3.8, 4) is 0 Å². The fourth-order valence-corrected chi connectivity index (χ4v) is 3.89. The highest BCUT2D eigenvalue weighted by molar-refractivity contribution is 8.00. The molecule has 2 rings (SSSR count). The minimum Gasteiger partial charge on any atom is -0.392 e. The van der Waals surface area contributed by atoms with Crippen molar-refractivity contribution < 1.29 is 5.11 Å². The highest BCUT2D eigenvalue weighted by atomic mass is 32.2. The molecule has 2 nitrogen and oxygen atoms in total. The van der Waals surface area contributed by atoms with Crippen LogP contribution in [0.1, 0.15) is 44.9 Å². The topological polar surface area (TPSA) is 32.3 Å². The largest absolute Gasteiger partial charge is 0.392 e. The lowest BCUT2D eigenvalue weighted by atomic mass is 10.1. The Kier molecular flexibility index (Phi) is 3.97. The molecule has 0 aromatic heterocycles. The Morgan fingerprint density at radius 3 is 2.53 bits per heavy atom. The van der Waals surface area contributed by atoms with Gasteiger partial charge in [-0.25, -0.2) is 0 Å². The van der Waals surface area contributed by atoms with Gasteiger partial charge in [0.1, 0.15) is 0 Å². The summed E-state index contributed by atoms with van der Waals surface area (Å²) in [4.78, 5) is 0. The molecule has 0 aliphatic heterocycles. The molecule has 0 amide bonds. The third kappa shape index (κ3) is 2.69. The summed E-state index contributed by atoms with van der Waals surface area (Å²) in [5.74, 6) is 0. The van der Waals surface area contributed by atoms with Crippen LogP contribution in [0.4, 0.5) is 0 Å². The number of aliphatic hydroxyl groups excluding tert-OH is 1. The van der Waals surface area contributed by atoms with Crippen LogP contribution in [-0.4, -0.2) is 34.8 Å². The van der Waals surface area contributed by atoms with Crippen molar-refractivity contribution in [2.45, 2.75) is 61.8 Å². The van der Waals surface area contributed by atoms with Gasteiger partial charge in [0, 0.05) is 17.3 Å². The van der Waals surface area contributed by atoms with Crippen LogP contribution in [0, 0.1) is 0 Å². The molecular weight excluding hydrogens is 206 g/mol. The molecule has 0 unspecified atom stereocenters. The molecule has 2 atom stereocenters. The fraction of sp³-hybridized carbons (Fsp3) is 1.00. The molecule has 0 aromatic rings. The molecule has 0 radical (unpaired) electrons. The molecule has 2 aliphatic rings. The maximum Gasteiger partial charge on any atom is 0.0693 e. The van der Waals surface area contributed by atoms with E-state index in [1.807, 2.05) is 11.8 Å². The smallest absolute Gasteiger partial charge is 0.0693 e. The first-order chi connectivity index (χ1) is 7.26. The molecule has 0 saturated heterocycles. The van der Waals surface area contributed by atoms with Gasteiger partial charge in [0.05, 0.1) is 6.10 Å². The maximum atomic E-state index is 9.75. The first-order valence-corrected chi connectivity index (χ1v) is 7.45. The summed E-state index contributed by atoms with van der Waals surface area (Å²) in [6.07, 6.45) is 10.9. The van der Waals surface area contributed by atoms with E-state index in [-0.39, 0.29) is 6.10 Å². The van der Waals surface area contributed by atoms with Crippen LogP contribution in [0.3, 0.4) is 0 Å². The predicted molar refractivity (Wildman–Crippen MR) is 66.4 cm³/mol. The zero-order valence-corrected chi connectivity index (χ0v) is 10.5. The van der Waals surface area contributed by atoms with Gasteiger partial charge in [0.25, 0.3) is 0 Å². The molecule has 2 aliphatic carbocycles. The molecule has 0 aromatic carbocycles. The van der Waals surface area contributed by atoms with Crippen LogP contribution in [0.2, 0.25) is 0 Å². The van der Waals surface area contributed by atoms with Gasteiger partial charge in [0.15, 0.2) is 0 Å². The summed E-state index contributed by atoms with van der Waals surface area (Å²) in [6, 6.07) is 0.370. The average molecular weight is 229 g/mol. The molecule has 3 heteroatoms. The van der Waals surface area contributed by atoms with Crippen molar-refractivity contribution in [2.75, 3.05) is 12.8 Å². The number of hydrogen-bond donors (Lipinski definition) is 2. The van der Waals surface area contributed by atoms with Crippen LogP contribution in [0.15, 0.2) is 0 Å². The maximum absolute atomic E-state index is 9.75. The van der Waals surface area contributed by atoms with Gasteiger partial charge < -0.3 is 10.4 Å². The Morgan fingerprint density at radius 1 is 1.27 bits per heavy atom. The fourth-order valence-electron chi connectivity index (χ4n) is 2.97. The zero-order chi connectivity index (χ0) is 10.7. The molecule has 88 valence electrons. The van der Waals surface area contributed by atoms with Crippen LogP contribution < -0.4 is 5.32 Å². The van der Waals surface area contributed by atoms with E-state index < -0.39 is 0 Å². The summed E-state index contributed by atoms with van der Waals surface area (Å²) in [5, 5.41) is 13.3. The predicted octanol–water partition coefficient (Wildman–Crippen LogP) is 2.17. The highest BCUT2D eigenvalue weighted by Crippen LogP contribution is 2.39. The lowest BCUT2D eigenvalue weighted by Gasteiger charge is -2.29. The summed E-state index contributed by atoms with van der Waals surface area (Å²) < 4.78 is 0.475. The van der Waals surface area contributed by atoms with Gasteiger partial charge >= 0.3 is 0 Å². The van der Waals surface area contributed by atoms with Crippen LogP contribution in [0.5, 0.6) is 0 Å². The lowest BCUT2D eigenvalue weighted by molar-refractivity contribution is 0.148. The second-order valence-corrected chi connectivity index (χ2v) is 6.35. The first kappa shape index (κ1) is 11.7. The van der Waals surface area contributed by atoms with Gasteiger partial charge in [-0.15, -0.1) is 0 Å². The minimum absolute atomic E-state index is 0.0923. The van der Waals surface area contributed by atoms with Crippen molar-refractivity contribution in [3.05, 3.63) is 0 Å². The summed E-state index contributed by atoms with van der Waals surface area (Å²) >= 11 is 2.02. The van der Waals surface area contributed by atoms with E-state index in [1.165, 1.54) is 32.1 Å². The number of rotatable bonds is 4. The Labute approximate surface area is 97.2 Å². The van der Waals surface area contributed by atoms with E-state index in [2.05, 4.69) is 11.6 Å². The second-order valence-electron chi connectivity index (χ2n) is 5.08. The molecule has 2 fully saturated rings.